The normalized spacial score (nSPS) is 24.0. The Morgan fingerprint density at radius 3 is 2.62 bits per heavy atom. The van der Waals surface area contributed by atoms with Crippen molar-refractivity contribution in [3.63, 3.8) is 0 Å². The van der Waals surface area contributed by atoms with E-state index in [4.69, 9.17) is 5.73 Å². The monoisotopic (exact) mass is 184 g/mol. The van der Waals surface area contributed by atoms with E-state index in [0.29, 0.717) is 6.04 Å². The van der Waals surface area contributed by atoms with E-state index in [1.54, 1.807) is 0 Å². The van der Waals surface area contributed by atoms with E-state index in [-0.39, 0.29) is 0 Å². The molecule has 1 saturated heterocycles. The van der Waals surface area contributed by atoms with Crippen LogP contribution in [0.15, 0.2) is 0 Å². The van der Waals surface area contributed by atoms with Gasteiger partial charge in [-0.15, -0.1) is 0 Å². The third kappa shape index (κ3) is 4.63. The summed E-state index contributed by atoms with van der Waals surface area (Å²) in [5.74, 6) is 0. The Kier molecular flexibility index (Phi) is 5.40. The maximum atomic E-state index is 5.84. The second-order valence-electron chi connectivity index (χ2n) is 4.26. The molecule has 0 radical (unpaired) electrons. The van der Waals surface area contributed by atoms with Crippen molar-refractivity contribution in [2.75, 3.05) is 19.6 Å². The first-order valence-electron chi connectivity index (χ1n) is 5.81. The Bertz CT molecular complexity index is 125. The number of hydrogen-bond acceptors (Lipinski definition) is 2. The summed E-state index contributed by atoms with van der Waals surface area (Å²) >= 11 is 0. The molecular weight excluding hydrogens is 160 g/mol. The third-order valence-corrected chi connectivity index (χ3v) is 2.89. The fraction of sp³-hybridized carbons (Fsp3) is 1.00. The highest BCUT2D eigenvalue weighted by Gasteiger charge is 2.17. The van der Waals surface area contributed by atoms with E-state index in [1.165, 1.54) is 51.6 Å². The van der Waals surface area contributed by atoms with Gasteiger partial charge >= 0.3 is 0 Å². The zero-order valence-electron chi connectivity index (χ0n) is 8.97. The van der Waals surface area contributed by atoms with Crippen LogP contribution in [-0.2, 0) is 0 Å². The molecule has 78 valence electrons. The van der Waals surface area contributed by atoms with Gasteiger partial charge in [0.05, 0.1) is 0 Å². The second-order valence-corrected chi connectivity index (χ2v) is 4.26. The molecule has 0 aromatic carbocycles. The Morgan fingerprint density at radius 1 is 1.23 bits per heavy atom. The predicted octanol–water partition coefficient (Wildman–Crippen LogP) is 1.99. The molecule has 1 aliphatic rings. The maximum absolute atomic E-state index is 5.84. The number of likely N-dealkylation sites (tertiary alicyclic amines) is 1. The van der Waals surface area contributed by atoms with Crippen molar-refractivity contribution in [3.8, 4) is 0 Å². The van der Waals surface area contributed by atoms with Crippen molar-refractivity contribution in [3.05, 3.63) is 0 Å². The molecule has 1 atom stereocenters. The number of nitrogens with two attached hydrogens (primary N) is 1. The van der Waals surface area contributed by atoms with Crippen LogP contribution in [0.1, 0.15) is 45.4 Å². The van der Waals surface area contributed by atoms with Crippen LogP contribution in [0, 0.1) is 0 Å². The molecule has 13 heavy (non-hydrogen) atoms. The maximum Gasteiger partial charge on any atom is 0.0180 e. The summed E-state index contributed by atoms with van der Waals surface area (Å²) in [7, 11) is 0. The van der Waals surface area contributed by atoms with Crippen LogP contribution in [0.2, 0.25) is 0 Å². The molecule has 2 N–H and O–H groups in total. The van der Waals surface area contributed by atoms with Gasteiger partial charge in [-0.3, -0.25) is 0 Å². The molecular formula is C11H24N2. The summed E-state index contributed by atoms with van der Waals surface area (Å²) in [4.78, 5) is 2.51. The molecule has 1 fully saturated rings. The van der Waals surface area contributed by atoms with Crippen LogP contribution in [0.3, 0.4) is 0 Å². The second kappa shape index (κ2) is 6.39. The van der Waals surface area contributed by atoms with E-state index in [9.17, 15) is 0 Å². The quantitative estimate of drug-likeness (QED) is 0.640. The van der Waals surface area contributed by atoms with Gasteiger partial charge in [-0.05, 0) is 25.9 Å². The van der Waals surface area contributed by atoms with Crippen molar-refractivity contribution in [1.29, 1.82) is 0 Å². The minimum absolute atomic E-state index is 0.454. The molecule has 0 amide bonds. The van der Waals surface area contributed by atoms with Crippen LogP contribution in [0.4, 0.5) is 0 Å². The fourth-order valence-corrected chi connectivity index (χ4v) is 2.00. The molecule has 0 bridgehead atoms. The van der Waals surface area contributed by atoms with Crippen molar-refractivity contribution < 1.29 is 0 Å². The van der Waals surface area contributed by atoms with E-state index in [2.05, 4.69) is 11.8 Å². The van der Waals surface area contributed by atoms with Crippen molar-refractivity contribution >= 4 is 0 Å². The van der Waals surface area contributed by atoms with Gasteiger partial charge in [-0.2, -0.15) is 0 Å². The predicted molar refractivity (Wildman–Crippen MR) is 57.8 cm³/mol. The highest BCUT2D eigenvalue weighted by Crippen LogP contribution is 2.09. The van der Waals surface area contributed by atoms with Crippen molar-refractivity contribution in [2.45, 2.75) is 51.5 Å². The molecule has 0 aromatic heterocycles. The number of rotatable bonds is 6. The molecule has 1 unspecified atom stereocenters. The standard InChI is InChI=1S/C11H24N2/c1-2-3-4-5-6-8-13-9-7-11(12)10-13/h11H,2-10,12H2,1H3. The van der Waals surface area contributed by atoms with E-state index in [1.807, 2.05) is 0 Å². The summed E-state index contributed by atoms with van der Waals surface area (Å²) in [6.07, 6.45) is 8.13. The number of hydrogen-bond donors (Lipinski definition) is 1. The van der Waals surface area contributed by atoms with E-state index >= 15 is 0 Å². The Morgan fingerprint density at radius 2 is 2.00 bits per heavy atom. The molecule has 0 aliphatic carbocycles. The van der Waals surface area contributed by atoms with Gasteiger partial charge in [-0.1, -0.05) is 32.6 Å². The minimum Gasteiger partial charge on any atom is -0.326 e. The number of unbranched alkanes of at least 4 members (excludes halogenated alkanes) is 4. The lowest BCUT2D eigenvalue weighted by Gasteiger charge is -2.14. The lowest BCUT2D eigenvalue weighted by molar-refractivity contribution is 0.324. The summed E-state index contributed by atoms with van der Waals surface area (Å²) < 4.78 is 0. The van der Waals surface area contributed by atoms with Crippen LogP contribution in [0.25, 0.3) is 0 Å². The van der Waals surface area contributed by atoms with Gasteiger partial charge in [0.2, 0.25) is 0 Å². The first-order chi connectivity index (χ1) is 6.33. The minimum atomic E-state index is 0.454. The number of nitrogens with zero attached hydrogens (tertiary/aromatic N) is 1. The summed E-state index contributed by atoms with van der Waals surface area (Å²) in [6.45, 7) is 5.90. The Labute approximate surface area is 82.5 Å². The largest absolute Gasteiger partial charge is 0.326 e. The van der Waals surface area contributed by atoms with Gasteiger partial charge in [0.1, 0.15) is 0 Å². The average molecular weight is 184 g/mol. The first kappa shape index (κ1) is 11.0. The zero-order chi connectivity index (χ0) is 9.52. The molecule has 0 saturated carbocycles. The van der Waals surface area contributed by atoms with Gasteiger partial charge < -0.3 is 10.6 Å². The Balaban J connectivity index is 1.88. The van der Waals surface area contributed by atoms with Crippen LogP contribution in [-0.4, -0.2) is 30.6 Å². The SMILES string of the molecule is CCCCCCCN1CCC(N)C1. The zero-order valence-corrected chi connectivity index (χ0v) is 8.97. The van der Waals surface area contributed by atoms with Crippen molar-refractivity contribution in [2.24, 2.45) is 5.73 Å². The molecule has 2 heteroatoms. The van der Waals surface area contributed by atoms with Gasteiger partial charge in [0.25, 0.3) is 0 Å². The fourth-order valence-electron chi connectivity index (χ4n) is 2.00. The molecule has 1 heterocycles. The molecule has 0 aromatic rings. The van der Waals surface area contributed by atoms with Gasteiger partial charge in [-0.25, -0.2) is 0 Å². The Hall–Kier alpha value is -0.0800. The van der Waals surface area contributed by atoms with Gasteiger partial charge in [0.15, 0.2) is 0 Å². The van der Waals surface area contributed by atoms with Crippen LogP contribution < -0.4 is 5.73 Å². The summed E-state index contributed by atoms with van der Waals surface area (Å²) in [5.41, 5.74) is 5.84. The van der Waals surface area contributed by atoms with Crippen LogP contribution in [0.5, 0.6) is 0 Å². The lowest BCUT2D eigenvalue weighted by atomic mass is 10.1. The summed E-state index contributed by atoms with van der Waals surface area (Å²) in [6, 6.07) is 0.454. The lowest BCUT2D eigenvalue weighted by Crippen LogP contribution is -2.27. The average Bonchev–Trinajstić information content (AvgIpc) is 2.51. The topological polar surface area (TPSA) is 29.3 Å². The van der Waals surface area contributed by atoms with Crippen LogP contribution >= 0.6 is 0 Å². The van der Waals surface area contributed by atoms with Gasteiger partial charge in [0, 0.05) is 12.6 Å². The first-order valence-corrected chi connectivity index (χ1v) is 5.81. The highest BCUT2D eigenvalue weighted by molar-refractivity contribution is 4.77. The molecule has 0 spiro atoms. The molecule has 1 rings (SSSR count). The summed E-state index contributed by atoms with van der Waals surface area (Å²) in [5, 5.41) is 0. The highest BCUT2D eigenvalue weighted by atomic mass is 15.2. The molecule has 2 nitrogen and oxygen atoms in total. The third-order valence-electron chi connectivity index (χ3n) is 2.89. The van der Waals surface area contributed by atoms with E-state index < -0.39 is 0 Å². The van der Waals surface area contributed by atoms with Crippen molar-refractivity contribution in [1.82, 2.24) is 4.90 Å². The smallest absolute Gasteiger partial charge is 0.0180 e. The molecule has 1 aliphatic heterocycles. The van der Waals surface area contributed by atoms with E-state index in [0.717, 1.165) is 6.54 Å².